The van der Waals surface area contributed by atoms with Gasteiger partial charge in [0, 0.05) is 13.1 Å². The van der Waals surface area contributed by atoms with Crippen LogP contribution in [0.3, 0.4) is 0 Å². The number of benzene rings is 2. The number of ketones is 1. The van der Waals surface area contributed by atoms with Crippen LogP contribution in [0.1, 0.15) is 36.7 Å². The highest BCUT2D eigenvalue weighted by Gasteiger charge is 2.46. The predicted molar refractivity (Wildman–Crippen MR) is 145 cm³/mol. The molecule has 0 bridgehead atoms. The van der Waals surface area contributed by atoms with Crippen LogP contribution in [0, 0.1) is 6.92 Å². The summed E-state index contributed by atoms with van der Waals surface area (Å²) < 4.78 is 12.6. The first-order valence-corrected chi connectivity index (χ1v) is 12.7. The fourth-order valence-electron chi connectivity index (χ4n) is 4.89. The minimum absolute atomic E-state index is 0.0254. The normalized spacial score (nSPS) is 16.9. The quantitative estimate of drug-likeness (QED) is 0.247. The SMILES string of the molecule is CCN(CC)CCN1C(=O)C(=O)C(=C(O)c2cnn(-c3ccccc3)c2C)C1c1ccc(OC)c(OC)c1. The molecule has 2 heterocycles. The summed E-state index contributed by atoms with van der Waals surface area (Å²) in [5.41, 5.74) is 2.52. The number of rotatable bonds is 10. The maximum Gasteiger partial charge on any atom is 0.295 e. The van der Waals surface area contributed by atoms with Crippen LogP contribution in [0.25, 0.3) is 11.4 Å². The lowest BCUT2D eigenvalue weighted by molar-refractivity contribution is -0.140. The third-order valence-corrected chi connectivity index (χ3v) is 7.08. The molecule has 1 aliphatic heterocycles. The number of aliphatic hydroxyl groups excluding tert-OH is 1. The molecule has 200 valence electrons. The third-order valence-electron chi connectivity index (χ3n) is 7.08. The average molecular weight is 519 g/mol. The Morgan fingerprint density at radius 3 is 2.34 bits per heavy atom. The van der Waals surface area contributed by atoms with E-state index in [0.717, 1.165) is 18.8 Å². The van der Waals surface area contributed by atoms with Crippen molar-refractivity contribution in [2.24, 2.45) is 0 Å². The monoisotopic (exact) mass is 518 g/mol. The highest BCUT2D eigenvalue weighted by atomic mass is 16.5. The third kappa shape index (κ3) is 4.89. The summed E-state index contributed by atoms with van der Waals surface area (Å²) in [6.07, 6.45) is 1.52. The minimum atomic E-state index is -0.801. The molecule has 9 nitrogen and oxygen atoms in total. The summed E-state index contributed by atoms with van der Waals surface area (Å²) in [7, 11) is 3.07. The number of carbonyl (C=O) groups is 2. The minimum Gasteiger partial charge on any atom is -0.507 e. The van der Waals surface area contributed by atoms with Gasteiger partial charge in [-0.1, -0.05) is 38.1 Å². The van der Waals surface area contributed by atoms with Crippen molar-refractivity contribution >= 4 is 17.4 Å². The van der Waals surface area contributed by atoms with Crippen LogP contribution < -0.4 is 9.47 Å². The van der Waals surface area contributed by atoms with Crippen LogP contribution in [0.15, 0.2) is 60.3 Å². The number of aliphatic hydroxyl groups is 1. The van der Waals surface area contributed by atoms with Crippen molar-refractivity contribution in [2.75, 3.05) is 40.4 Å². The number of carbonyl (C=O) groups excluding carboxylic acids is 2. The Bertz CT molecular complexity index is 1340. The van der Waals surface area contributed by atoms with Crippen molar-refractivity contribution in [3.05, 3.63) is 77.1 Å². The van der Waals surface area contributed by atoms with Gasteiger partial charge >= 0.3 is 0 Å². The molecule has 2 aromatic carbocycles. The van der Waals surface area contributed by atoms with E-state index in [4.69, 9.17) is 9.47 Å². The molecule has 3 aromatic rings. The lowest BCUT2D eigenvalue weighted by atomic mass is 9.95. The lowest BCUT2D eigenvalue weighted by Gasteiger charge is -2.28. The van der Waals surface area contributed by atoms with Crippen molar-refractivity contribution in [1.82, 2.24) is 19.6 Å². The summed E-state index contributed by atoms with van der Waals surface area (Å²) in [4.78, 5) is 30.5. The summed E-state index contributed by atoms with van der Waals surface area (Å²) in [6.45, 7) is 8.47. The van der Waals surface area contributed by atoms with Crippen molar-refractivity contribution < 1.29 is 24.2 Å². The molecule has 1 atom stereocenters. The van der Waals surface area contributed by atoms with Gasteiger partial charge < -0.3 is 24.4 Å². The molecule has 1 N–H and O–H groups in total. The number of methoxy groups -OCH3 is 2. The molecule has 1 unspecified atom stereocenters. The molecule has 1 saturated heterocycles. The number of likely N-dealkylation sites (N-methyl/N-ethyl adjacent to an activating group) is 1. The molecule has 9 heteroatoms. The van der Waals surface area contributed by atoms with E-state index in [-0.39, 0.29) is 11.3 Å². The molecule has 0 radical (unpaired) electrons. The van der Waals surface area contributed by atoms with Crippen LogP contribution in [-0.2, 0) is 9.59 Å². The zero-order valence-corrected chi connectivity index (χ0v) is 22.5. The summed E-state index contributed by atoms with van der Waals surface area (Å²) in [6, 6.07) is 14.0. The van der Waals surface area contributed by atoms with Crippen LogP contribution in [0.2, 0.25) is 0 Å². The van der Waals surface area contributed by atoms with Gasteiger partial charge in [-0.25, -0.2) is 4.68 Å². The molecule has 4 rings (SSSR count). The van der Waals surface area contributed by atoms with E-state index in [9.17, 15) is 14.7 Å². The van der Waals surface area contributed by atoms with Gasteiger partial charge in [0.05, 0.1) is 49.0 Å². The first-order chi connectivity index (χ1) is 18.4. The number of hydrogen-bond donors (Lipinski definition) is 1. The fraction of sp³-hybridized carbons (Fsp3) is 0.345. The average Bonchev–Trinajstić information content (AvgIpc) is 3.45. The molecule has 0 spiro atoms. The summed E-state index contributed by atoms with van der Waals surface area (Å²) in [5.74, 6) is -0.642. The Balaban J connectivity index is 1.85. The number of hydrogen-bond acceptors (Lipinski definition) is 7. The zero-order valence-electron chi connectivity index (χ0n) is 22.5. The molecule has 0 saturated carbocycles. The fourth-order valence-corrected chi connectivity index (χ4v) is 4.89. The van der Waals surface area contributed by atoms with E-state index in [1.54, 1.807) is 30.0 Å². The van der Waals surface area contributed by atoms with E-state index in [1.807, 2.05) is 37.3 Å². The highest BCUT2D eigenvalue weighted by Crippen LogP contribution is 2.42. The maximum atomic E-state index is 13.5. The van der Waals surface area contributed by atoms with Gasteiger partial charge in [0.2, 0.25) is 0 Å². The van der Waals surface area contributed by atoms with Crippen molar-refractivity contribution in [3.8, 4) is 17.2 Å². The van der Waals surface area contributed by atoms with Crippen LogP contribution in [0.4, 0.5) is 0 Å². The Kier molecular flexibility index (Phi) is 8.16. The number of amides is 1. The van der Waals surface area contributed by atoms with Gasteiger partial charge in [-0.05, 0) is 49.8 Å². The summed E-state index contributed by atoms with van der Waals surface area (Å²) in [5, 5.41) is 16.0. The first-order valence-electron chi connectivity index (χ1n) is 12.7. The molecular weight excluding hydrogens is 484 g/mol. The lowest BCUT2D eigenvalue weighted by Crippen LogP contribution is -2.38. The number of likely N-dealkylation sites (tertiary alicyclic amines) is 1. The van der Waals surface area contributed by atoms with Gasteiger partial charge in [-0.3, -0.25) is 9.59 Å². The van der Waals surface area contributed by atoms with E-state index in [2.05, 4.69) is 23.8 Å². The Morgan fingerprint density at radius 1 is 1.03 bits per heavy atom. The molecule has 1 aromatic heterocycles. The maximum absolute atomic E-state index is 13.5. The number of aromatic nitrogens is 2. The van der Waals surface area contributed by atoms with Gasteiger partial charge in [0.1, 0.15) is 5.76 Å². The number of Topliss-reactive ketones (excluding diaryl/α,β-unsaturated/α-hetero) is 1. The van der Waals surface area contributed by atoms with Gasteiger partial charge in [0.25, 0.3) is 11.7 Å². The largest absolute Gasteiger partial charge is 0.507 e. The molecular formula is C29H34N4O5. The van der Waals surface area contributed by atoms with Crippen molar-refractivity contribution in [2.45, 2.75) is 26.8 Å². The van der Waals surface area contributed by atoms with Crippen LogP contribution in [0.5, 0.6) is 11.5 Å². The predicted octanol–water partition coefficient (Wildman–Crippen LogP) is 3.96. The van der Waals surface area contributed by atoms with Crippen LogP contribution >= 0.6 is 0 Å². The van der Waals surface area contributed by atoms with E-state index >= 15 is 0 Å². The van der Waals surface area contributed by atoms with Crippen molar-refractivity contribution in [3.63, 3.8) is 0 Å². The standard InChI is InChI=1S/C29H34N4O5/c1-6-31(7-2)15-16-32-26(20-13-14-23(37-4)24(17-20)38-5)25(28(35)29(32)36)27(34)22-18-30-33(19(22)3)21-11-9-8-10-12-21/h8-14,17-18,26,34H,6-7,15-16H2,1-5H3. The zero-order chi connectivity index (χ0) is 27.4. The molecule has 1 fully saturated rings. The van der Waals surface area contributed by atoms with Gasteiger partial charge in [-0.2, -0.15) is 5.10 Å². The first kappa shape index (κ1) is 26.9. The second kappa shape index (κ2) is 11.5. The molecule has 0 aliphatic carbocycles. The van der Waals surface area contributed by atoms with Crippen molar-refractivity contribution in [1.29, 1.82) is 0 Å². The number of ether oxygens (including phenoxy) is 2. The topological polar surface area (TPSA) is 97.1 Å². The molecule has 38 heavy (non-hydrogen) atoms. The van der Waals surface area contributed by atoms with Gasteiger partial charge in [0.15, 0.2) is 11.5 Å². The number of nitrogens with zero attached hydrogens (tertiary/aromatic N) is 4. The Labute approximate surface area is 222 Å². The van der Waals surface area contributed by atoms with E-state index in [1.165, 1.54) is 18.2 Å². The second-order valence-corrected chi connectivity index (χ2v) is 9.02. The van der Waals surface area contributed by atoms with E-state index < -0.39 is 17.7 Å². The Hall–Kier alpha value is -4.11. The molecule has 1 amide bonds. The number of para-hydroxylation sites is 1. The van der Waals surface area contributed by atoms with Crippen LogP contribution in [-0.4, -0.2) is 76.8 Å². The smallest absolute Gasteiger partial charge is 0.295 e. The molecule has 1 aliphatic rings. The summed E-state index contributed by atoms with van der Waals surface area (Å²) >= 11 is 0. The van der Waals surface area contributed by atoms with E-state index in [0.29, 0.717) is 41.4 Å². The second-order valence-electron chi connectivity index (χ2n) is 9.02. The van der Waals surface area contributed by atoms with Gasteiger partial charge in [-0.15, -0.1) is 0 Å². The highest BCUT2D eigenvalue weighted by molar-refractivity contribution is 6.46. The Morgan fingerprint density at radius 2 is 1.71 bits per heavy atom.